The molecule has 0 aromatic rings. The van der Waals surface area contributed by atoms with Gasteiger partial charge in [0.1, 0.15) is 0 Å². The Kier molecular flexibility index (Phi) is 44.9. The van der Waals surface area contributed by atoms with Gasteiger partial charge in [0.25, 0.3) is 0 Å². The molecule has 0 radical (unpaired) electrons. The zero-order valence-corrected chi connectivity index (χ0v) is 36.7. The van der Waals surface area contributed by atoms with E-state index in [4.69, 9.17) is 0 Å². The number of amides is 1. The largest absolute Gasteiger partial charge is 0.394 e. The minimum atomic E-state index is -0.654. The van der Waals surface area contributed by atoms with Gasteiger partial charge in [-0.2, -0.15) is 0 Å². The minimum absolute atomic E-state index is 0.0388. The lowest BCUT2D eigenvalue weighted by Crippen LogP contribution is -2.45. The van der Waals surface area contributed by atoms with Gasteiger partial charge in [0.05, 0.1) is 18.8 Å². The first-order chi connectivity index (χ1) is 27.2. The molecule has 4 nitrogen and oxygen atoms in total. The van der Waals surface area contributed by atoms with E-state index in [-0.39, 0.29) is 12.5 Å². The van der Waals surface area contributed by atoms with Crippen molar-refractivity contribution >= 4 is 5.91 Å². The SMILES string of the molecule is CC/C=C\C/C=C\C/C=C\C/C=C\C/C=C\CCCCCCCCCCCCCCCCCCCCCCCCCC(=O)NC(CO)C(O)CCCCCC. The fourth-order valence-corrected chi connectivity index (χ4v) is 7.15. The quantitative estimate of drug-likeness (QED) is 0.0427. The average Bonchev–Trinajstić information content (AvgIpc) is 3.19. The molecule has 0 saturated heterocycles. The van der Waals surface area contributed by atoms with Crippen LogP contribution in [0.15, 0.2) is 60.8 Å². The molecule has 0 aromatic heterocycles. The zero-order valence-electron chi connectivity index (χ0n) is 36.7. The molecule has 0 aliphatic rings. The van der Waals surface area contributed by atoms with Crippen molar-refractivity contribution in [3.63, 3.8) is 0 Å². The summed E-state index contributed by atoms with van der Waals surface area (Å²) >= 11 is 0. The molecule has 0 fully saturated rings. The molecular weight excluding hydrogens is 675 g/mol. The Balaban J connectivity index is 3.33. The normalized spacial score (nSPS) is 13.5. The van der Waals surface area contributed by atoms with Crippen LogP contribution in [-0.2, 0) is 4.79 Å². The Morgan fingerprint density at radius 1 is 0.455 bits per heavy atom. The monoisotopic (exact) mass is 768 g/mol. The first-order valence-electron chi connectivity index (χ1n) is 24.0. The molecule has 0 rings (SSSR count). The molecule has 1 amide bonds. The summed E-state index contributed by atoms with van der Waals surface area (Å²) in [5.41, 5.74) is 0. The third-order valence-electron chi connectivity index (χ3n) is 10.8. The topological polar surface area (TPSA) is 69.6 Å². The van der Waals surface area contributed by atoms with Crippen molar-refractivity contribution in [2.75, 3.05) is 6.61 Å². The maximum atomic E-state index is 12.2. The lowest BCUT2D eigenvalue weighted by atomic mass is 10.0. The van der Waals surface area contributed by atoms with Crippen molar-refractivity contribution in [2.45, 2.75) is 251 Å². The Labute approximate surface area is 343 Å². The van der Waals surface area contributed by atoms with E-state index in [9.17, 15) is 15.0 Å². The number of unbranched alkanes of at least 4 members (excludes halogenated alkanes) is 26. The van der Waals surface area contributed by atoms with Crippen LogP contribution in [0.1, 0.15) is 239 Å². The van der Waals surface area contributed by atoms with Gasteiger partial charge in [0, 0.05) is 6.42 Å². The van der Waals surface area contributed by atoms with E-state index in [1.807, 2.05) is 0 Å². The molecule has 0 heterocycles. The molecule has 2 unspecified atom stereocenters. The Bertz CT molecular complexity index is 919. The van der Waals surface area contributed by atoms with Crippen molar-refractivity contribution in [2.24, 2.45) is 0 Å². The van der Waals surface area contributed by atoms with Crippen molar-refractivity contribution in [3.05, 3.63) is 60.8 Å². The summed E-state index contributed by atoms with van der Waals surface area (Å²) in [5.74, 6) is -0.0388. The lowest BCUT2D eigenvalue weighted by molar-refractivity contribution is -0.123. The highest BCUT2D eigenvalue weighted by Crippen LogP contribution is 2.16. The Morgan fingerprint density at radius 2 is 0.800 bits per heavy atom. The van der Waals surface area contributed by atoms with E-state index in [1.54, 1.807) is 0 Å². The van der Waals surface area contributed by atoms with Gasteiger partial charge in [-0.15, -0.1) is 0 Å². The standard InChI is InChI=1S/C51H93NO3/c1-3-5-7-9-10-11-12-13-14-15-16-17-18-19-20-21-22-23-24-25-26-27-28-29-30-31-32-33-34-35-36-37-38-39-40-41-42-43-45-47-51(55)52-49(48-53)50(54)46-44-8-6-4-2/h5,7,10-11,13-14,16-17,19-20,49-50,53-54H,3-4,6,8-9,12,15,18,21-48H2,1-2H3,(H,52,55)/b7-5-,11-10-,14-13-,17-16-,20-19-. The fourth-order valence-electron chi connectivity index (χ4n) is 7.15. The molecule has 2 atom stereocenters. The number of aliphatic hydroxyl groups is 2. The number of carbonyl (C=O) groups is 1. The highest BCUT2D eigenvalue weighted by atomic mass is 16.3. The molecule has 320 valence electrons. The maximum absolute atomic E-state index is 12.2. The average molecular weight is 768 g/mol. The molecule has 0 bridgehead atoms. The van der Waals surface area contributed by atoms with Crippen LogP contribution in [0.4, 0.5) is 0 Å². The zero-order chi connectivity index (χ0) is 40.0. The third-order valence-corrected chi connectivity index (χ3v) is 10.8. The van der Waals surface area contributed by atoms with Crippen LogP contribution in [0.25, 0.3) is 0 Å². The molecule has 0 saturated carbocycles. The summed E-state index contributed by atoms with van der Waals surface area (Å²) in [4.78, 5) is 12.2. The first kappa shape index (κ1) is 53.1. The number of nitrogens with one attached hydrogen (secondary N) is 1. The summed E-state index contributed by atoms with van der Waals surface area (Å²) in [7, 11) is 0. The summed E-state index contributed by atoms with van der Waals surface area (Å²) in [6, 6.07) is -0.530. The van der Waals surface area contributed by atoms with Crippen LogP contribution in [0.3, 0.4) is 0 Å². The van der Waals surface area contributed by atoms with E-state index >= 15 is 0 Å². The summed E-state index contributed by atoms with van der Waals surface area (Å²) in [6.07, 6.45) is 65.3. The number of hydrogen-bond donors (Lipinski definition) is 3. The molecule has 0 aliphatic heterocycles. The van der Waals surface area contributed by atoms with Crippen LogP contribution in [-0.4, -0.2) is 34.9 Å². The van der Waals surface area contributed by atoms with Crippen LogP contribution in [0.2, 0.25) is 0 Å². The van der Waals surface area contributed by atoms with E-state index in [1.165, 1.54) is 148 Å². The van der Waals surface area contributed by atoms with Gasteiger partial charge >= 0.3 is 0 Å². The van der Waals surface area contributed by atoms with Gasteiger partial charge in [0.2, 0.25) is 5.91 Å². The van der Waals surface area contributed by atoms with Gasteiger partial charge in [-0.25, -0.2) is 0 Å². The Hall–Kier alpha value is -1.91. The smallest absolute Gasteiger partial charge is 0.220 e. The van der Waals surface area contributed by atoms with Gasteiger partial charge in [-0.05, 0) is 57.8 Å². The molecule has 3 N–H and O–H groups in total. The third kappa shape index (κ3) is 43.1. The Morgan fingerprint density at radius 3 is 1.18 bits per heavy atom. The molecule has 0 aliphatic carbocycles. The van der Waals surface area contributed by atoms with E-state index in [0.29, 0.717) is 12.8 Å². The maximum Gasteiger partial charge on any atom is 0.220 e. The number of aliphatic hydroxyl groups excluding tert-OH is 2. The summed E-state index contributed by atoms with van der Waals surface area (Å²) in [5, 5.41) is 22.7. The number of rotatable bonds is 43. The fraction of sp³-hybridized carbons (Fsp3) is 0.784. The summed E-state index contributed by atoms with van der Waals surface area (Å²) < 4.78 is 0. The predicted octanol–water partition coefficient (Wildman–Crippen LogP) is 15.3. The number of carbonyl (C=O) groups excluding carboxylic acids is 1. The van der Waals surface area contributed by atoms with Crippen molar-refractivity contribution in [1.82, 2.24) is 5.32 Å². The second-order valence-electron chi connectivity index (χ2n) is 16.2. The van der Waals surface area contributed by atoms with E-state index in [2.05, 4.69) is 79.9 Å². The minimum Gasteiger partial charge on any atom is -0.394 e. The molecular formula is C51H93NO3. The van der Waals surface area contributed by atoms with Gasteiger partial charge < -0.3 is 15.5 Å². The van der Waals surface area contributed by atoms with Crippen LogP contribution in [0.5, 0.6) is 0 Å². The molecule has 0 spiro atoms. The highest BCUT2D eigenvalue weighted by molar-refractivity contribution is 5.76. The molecule has 0 aromatic carbocycles. The highest BCUT2D eigenvalue weighted by Gasteiger charge is 2.19. The number of allylic oxidation sites excluding steroid dienone is 10. The van der Waals surface area contributed by atoms with Gasteiger partial charge in [0.15, 0.2) is 0 Å². The first-order valence-corrected chi connectivity index (χ1v) is 24.0. The van der Waals surface area contributed by atoms with Gasteiger partial charge in [-0.1, -0.05) is 235 Å². The predicted molar refractivity (Wildman–Crippen MR) is 244 cm³/mol. The van der Waals surface area contributed by atoms with Gasteiger partial charge in [-0.3, -0.25) is 4.79 Å². The number of hydrogen-bond acceptors (Lipinski definition) is 3. The second kappa shape index (κ2) is 46.5. The second-order valence-corrected chi connectivity index (χ2v) is 16.2. The van der Waals surface area contributed by atoms with E-state index < -0.39 is 12.1 Å². The molecule has 55 heavy (non-hydrogen) atoms. The van der Waals surface area contributed by atoms with Crippen molar-refractivity contribution in [3.8, 4) is 0 Å². The van der Waals surface area contributed by atoms with Crippen LogP contribution in [0, 0.1) is 0 Å². The van der Waals surface area contributed by atoms with Crippen molar-refractivity contribution < 1.29 is 15.0 Å². The van der Waals surface area contributed by atoms with E-state index in [0.717, 1.165) is 64.2 Å². The molecule has 4 heteroatoms. The lowest BCUT2D eigenvalue weighted by Gasteiger charge is -2.22. The summed E-state index contributed by atoms with van der Waals surface area (Å²) in [6.45, 7) is 4.14. The van der Waals surface area contributed by atoms with Crippen LogP contribution < -0.4 is 5.32 Å². The van der Waals surface area contributed by atoms with Crippen molar-refractivity contribution in [1.29, 1.82) is 0 Å². The van der Waals surface area contributed by atoms with Crippen LogP contribution >= 0.6 is 0 Å².